The lowest BCUT2D eigenvalue weighted by Gasteiger charge is -2.32. The van der Waals surface area contributed by atoms with Gasteiger partial charge in [-0.25, -0.2) is 9.79 Å². The number of alkyl halides is 3. The summed E-state index contributed by atoms with van der Waals surface area (Å²) < 4.78 is 42.5. The molecule has 0 aromatic heterocycles. The minimum Gasteiger partial charge on any atom is -0.419 e. The molecule has 0 radical (unpaired) electrons. The Hall–Kier alpha value is -2.58. The van der Waals surface area contributed by atoms with E-state index in [0.717, 1.165) is 12.8 Å². The molecular formula is C17H18F3N3O3. The van der Waals surface area contributed by atoms with E-state index in [4.69, 9.17) is 5.73 Å². The van der Waals surface area contributed by atoms with Gasteiger partial charge in [0.15, 0.2) is 11.5 Å². The Balaban J connectivity index is 2.12. The normalized spacial score (nSPS) is 24.1. The van der Waals surface area contributed by atoms with Gasteiger partial charge in [0.25, 0.3) is 5.91 Å². The van der Waals surface area contributed by atoms with Crippen molar-refractivity contribution >= 4 is 17.8 Å². The second kappa shape index (κ2) is 6.30. The van der Waals surface area contributed by atoms with Crippen LogP contribution < -0.4 is 10.5 Å². The molecule has 1 aromatic carbocycles. The third kappa shape index (κ3) is 2.81. The van der Waals surface area contributed by atoms with Crippen molar-refractivity contribution in [2.24, 2.45) is 16.6 Å². The fourth-order valence-corrected chi connectivity index (χ4v) is 3.70. The standard InChI is InChI=1S/C17H18F3N3O3/c1-23-13(24)16(22-15(23)21,10-6-2-3-7-10)11-8-4-5-9-12(11)26-14(25)17(18,19)20/h4-5,8-10H,2-3,6-7H2,1H3,(H2,21,22). The van der Waals surface area contributed by atoms with Crippen molar-refractivity contribution in [3.05, 3.63) is 29.8 Å². The number of carbonyl (C=O) groups is 2. The molecule has 1 heterocycles. The molecule has 1 aliphatic heterocycles. The van der Waals surface area contributed by atoms with E-state index in [1.165, 1.54) is 30.1 Å². The zero-order valence-electron chi connectivity index (χ0n) is 14.0. The summed E-state index contributed by atoms with van der Waals surface area (Å²) in [6, 6.07) is 5.69. The molecule has 1 fully saturated rings. The summed E-state index contributed by atoms with van der Waals surface area (Å²) in [5.74, 6) is -3.36. The quantitative estimate of drug-likeness (QED) is 0.655. The molecule has 2 aliphatic rings. The lowest BCUT2D eigenvalue weighted by molar-refractivity contribution is -0.189. The van der Waals surface area contributed by atoms with Crippen molar-refractivity contribution in [2.75, 3.05) is 7.05 Å². The number of aliphatic imine (C=N–C) groups is 1. The van der Waals surface area contributed by atoms with Crippen molar-refractivity contribution in [3.8, 4) is 5.75 Å². The molecule has 140 valence electrons. The minimum absolute atomic E-state index is 0.0150. The van der Waals surface area contributed by atoms with Gasteiger partial charge in [-0.05, 0) is 24.8 Å². The molecule has 2 N–H and O–H groups in total. The summed E-state index contributed by atoms with van der Waals surface area (Å²) in [5, 5.41) is 0. The Kier molecular flexibility index (Phi) is 4.41. The van der Waals surface area contributed by atoms with E-state index in [1.54, 1.807) is 6.07 Å². The molecule has 0 spiro atoms. The fraction of sp³-hybridized carbons (Fsp3) is 0.471. The summed E-state index contributed by atoms with van der Waals surface area (Å²) in [6.07, 6.45) is -2.03. The summed E-state index contributed by atoms with van der Waals surface area (Å²) in [7, 11) is 1.46. The van der Waals surface area contributed by atoms with Crippen LogP contribution in [0.15, 0.2) is 29.3 Å². The number of carbonyl (C=O) groups excluding carboxylic acids is 2. The maximum Gasteiger partial charge on any atom is 0.491 e. The molecule has 1 atom stereocenters. The molecule has 3 rings (SSSR count). The largest absolute Gasteiger partial charge is 0.491 e. The van der Waals surface area contributed by atoms with Crippen LogP contribution >= 0.6 is 0 Å². The average molecular weight is 369 g/mol. The molecule has 9 heteroatoms. The topological polar surface area (TPSA) is 85.0 Å². The third-order valence-corrected chi connectivity index (χ3v) is 4.94. The highest BCUT2D eigenvalue weighted by Gasteiger charge is 2.55. The second-order valence-corrected chi connectivity index (χ2v) is 6.47. The number of nitrogens with zero attached hydrogens (tertiary/aromatic N) is 2. The van der Waals surface area contributed by atoms with Crippen LogP contribution in [0.25, 0.3) is 0 Å². The number of benzene rings is 1. The number of guanidine groups is 1. The average Bonchev–Trinajstić information content (AvgIpc) is 3.19. The molecule has 6 nitrogen and oxygen atoms in total. The number of ether oxygens (including phenoxy) is 1. The highest BCUT2D eigenvalue weighted by atomic mass is 19.4. The number of nitrogens with two attached hydrogens (primary N) is 1. The first kappa shape index (κ1) is 18.2. The van der Waals surface area contributed by atoms with Crippen molar-refractivity contribution in [1.29, 1.82) is 0 Å². The fourth-order valence-electron chi connectivity index (χ4n) is 3.70. The van der Waals surface area contributed by atoms with E-state index in [2.05, 4.69) is 9.73 Å². The molecule has 0 bridgehead atoms. The number of likely N-dealkylation sites (N-methyl/N-ethyl adjacent to an activating group) is 1. The summed E-state index contributed by atoms with van der Waals surface area (Å²) in [5.41, 5.74) is 4.49. The van der Waals surface area contributed by atoms with Crippen molar-refractivity contribution in [1.82, 2.24) is 4.90 Å². The number of rotatable bonds is 3. The van der Waals surface area contributed by atoms with E-state index < -0.39 is 23.6 Å². The highest BCUT2D eigenvalue weighted by molar-refractivity contribution is 6.07. The van der Waals surface area contributed by atoms with Gasteiger partial charge in [-0.15, -0.1) is 0 Å². The van der Waals surface area contributed by atoms with E-state index in [9.17, 15) is 22.8 Å². The zero-order chi connectivity index (χ0) is 19.1. The van der Waals surface area contributed by atoms with Crippen LogP contribution in [0.4, 0.5) is 13.2 Å². The van der Waals surface area contributed by atoms with Gasteiger partial charge in [0.1, 0.15) is 5.75 Å². The second-order valence-electron chi connectivity index (χ2n) is 6.47. The molecule has 1 saturated carbocycles. The molecule has 1 amide bonds. The third-order valence-electron chi connectivity index (χ3n) is 4.94. The molecule has 26 heavy (non-hydrogen) atoms. The van der Waals surface area contributed by atoms with Gasteiger partial charge < -0.3 is 10.5 Å². The predicted molar refractivity (Wildman–Crippen MR) is 86.2 cm³/mol. The van der Waals surface area contributed by atoms with Crippen LogP contribution in [0.3, 0.4) is 0 Å². The summed E-state index contributed by atoms with van der Waals surface area (Å²) in [4.78, 5) is 29.9. The Morgan fingerprint density at radius 3 is 2.46 bits per heavy atom. The highest BCUT2D eigenvalue weighted by Crippen LogP contribution is 2.49. The zero-order valence-corrected chi connectivity index (χ0v) is 14.0. The van der Waals surface area contributed by atoms with Crippen LogP contribution in [0.1, 0.15) is 31.2 Å². The number of hydrogen-bond donors (Lipinski definition) is 1. The molecule has 1 aliphatic carbocycles. The van der Waals surface area contributed by atoms with Gasteiger partial charge in [-0.2, -0.15) is 13.2 Å². The molecule has 1 unspecified atom stereocenters. The molecule has 1 aromatic rings. The lowest BCUT2D eigenvalue weighted by Crippen LogP contribution is -2.44. The van der Waals surface area contributed by atoms with Crippen LogP contribution in [0.2, 0.25) is 0 Å². The first-order valence-corrected chi connectivity index (χ1v) is 8.20. The van der Waals surface area contributed by atoms with Gasteiger partial charge >= 0.3 is 12.1 Å². The van der Waals surface area contributed by atoms with Crippen LogP contribution in [0, 0.1) is 5.92 Å². The van der Waals surface area contributed by atoms with Gasteiger partial charge in [-0.1, -0.05) is 31.0 Å². The molecular weight excluding hydrogens is 351 g/mol. The van der Waals surface area contributed by atoms with Crippen molar-refractivity contribution in [2.45, 2.75) is 37.4 Å². The van der Waals surface area contributed by atoms with E-state index in [-0.39, 0.29) is 23.2 Å². The smallest absolute Gasteiger partial charge is 0.419 e. The number of esters is 1. The first-order valence-electron chi connectivity index (χ1n) is 8.20. The first-order chi connectivity index (χ1) is 12.2. The lowest BCUT2D eigenvalue weighted by atomic mass is 9.76. The maximum atomic E-state index is 13.0. The van der Waals surface area contributed by atoms with Gasteiger partial charge in [0.05, 0.1) is 0 Å². The van der Waals surface area contributed by atoms with Crippen LogP contribution in [-0.4, -0.2) is 36.0 Å². The maximum absolute atomic E-state index is 13.0. The monoisotopic (exact) mass is 369 g/mol. The Morgan fingerprint density at radius 2 is 1.92 bits per heavy atom. The number of halogens is 3. The Bertz CT molecular complexity index is 772. The SMILES string of the molecule is CN1C(=O)C(c2ccccc2OC(=O)C(F)(F)F)(C2CCCC2)N=C1N. The summed E-state index contributed by atoms with van der Waals surface area (Å²) in [6.45, 7) is 0. The minimum atomic E-state index is -5.15. The van der Waals surface area contributed by atoms with Gasteiger partial charge in [-0.3, -0.25) is 9.69 Å². The Morgan fingerprint density at radius 1 is 1.31 bits per heavy atom. The molecule has 0 saturated heterocycles. The number of hydrogen-bond acceptors (Lipinski definition) is 5. The van der Waals surface area contributed by atoms with Gasteiger partial charge in [0, 0.05) is 12.6 Å². The number of amides is 1. The van der Waals surface area contributed by atoms with E-state index >= 15 is 0 Å². The van der Waals surface area contributed by atoms with Crippen LogP contribution in [0.5, 0.6) is 5.75 Å². The van der Waals surface area contributed by atoms with Crippen LogP contribution in [-0.2, 0) is 15.1 Å². The van der Waals surface area contributed by atoms with E-state index in [1.807, 2.05) is 0 Å². The van der Waals surface area contributed by atoms with Crippen molar-refractivity contribution in [3.63, 3.8) is 0 Å². The Labute approximate surface area is 147 Å². The summed E-state index contributed by atoms with van der Waals surface area (Å²) >= 11 is 0. The van der Waals surface area contributed by atoms with Crippen molar-refractivity contribution < 1.29 is 27.5 Å². The number of para-hydroxylation sites is 1. The van der Waals surface area contributed by atoms with E-state index in [0.29, 0.717) is 12.8 Å². The predicted octanol–water partition coefficient (Wildman–Crippen LogP) is 2.33. The van der Waals surface area contributed by atoms with Gasteiger partial charge in [0.2, 0.25) is 0 Å².